The van der Waals surface area contributed by atoms with Gasteiger partial charge in [-0.2, -0.15) is 0 Å². The highest BCUT2D eigenvalue weighted by Gasteiger charge is 2.25. The first-order valence-corrected chi connectivity index (χ1v) is 6.57. The predicted octanol–water partition coefficient (Wildman–Crippen LogP) is -0.510. The van der Waals surface area contributed by atoms with E-state index in [1.807, 2.05) is 13.8 Å². The van der Waals surface area contributed by atoms with Gasteiger partial charge in [0.15, 0.2) is 5.78 Å². The molecule has 0 aromatic rings. The molecule has 1 rings (SSSR count). The fraction of sp³-hybridized carbons (Fsp3) is 0.769. The molecule has 0 saturated carbocycles. The van der Waals surface area contributed by atoms with Gasteiger partial charge in [0.2, 0.25) is 11.8 Å². The molecule has 0 radical (unpaired) electrons. The van der Waals surface area contributed by atoms with Gasteiger partial charge < -0.3 is 10.2 Å². The Balaban J connectivity index is 2.47. The lowest BCUT2D eigenvalue weighted by Gasteiger charge is -2.31. The van der Waals surface area contributed by atoms with Crippen molar-refractivity contribution in [1.29, 1.82) is 0 Å². The molecular formula is C13H23N3O3. The van der Waals surface area contributed by atoms with E-state index in [2.05, 4.69) is 5.32 Å². The van der Waals surface area contributed by atoms with Crippen molar-refractivity contribution in [1.82, 2.24) is 15.1 Å². The van der Waals surface area contributed by atoms with E-state index < -0.39 is 6.04 Å². The smallest absolute Gasteiger partial charge is 0.236 e. The topological polar surface area (TPSA) is 69.7 Å². The number of amides is 2. The van der Waals surface area contributed by atoms with E-state index >= 15 is 0 Å². The highest BCUT2D eigenvalue weighted by Crippen LogP contribution is 2.04. The second kappa shape index (κ2) is 6.65. The molecule has 1 atom stereocenters. The Morgan fingerprint density at radius 1 is 1.32 bits per heavy atom. The Bertz CT molecular complexity index is 368. The molecular weight excluding hydrogens is 246 g/mol. The molecule has 1 heterocycles. The molecule has 1 fully saturated rings. The fourth-order valence-corrected chi connectivity index (χ4v) is 2.10. The van der Waals surface area contributed by atoms with Crippen molar-refractivity contribution in [2.75, 3.05) is 33.2 Å². The number of ketones is 1. The Hall–Kier alpha value is -1.43. The fourth-order valence-electron chi connectivity index (χ4n) is 2.10. The Labute approximate surface area is 114 Å². The first kappa shape index (κ1) is 15.6. The predicted molar refractivity (Wildman–Crippen MR) is 71.5 cm³/mol. The zero-order valence-electron chi connectivity index (χ0n) is 12.1. The van der Waals surface area contributed by atoms with E-state index in [4.69, 9.17) is 0 Å². The second-order valence-corrected chi connectivity index (χ2v) is 5.43. The monoisotopic (exact) mass is 269 g/mol. The molecule has 0 bridgehead atoms. The number of likely N-dealkylation sites (N-methyl/N-ethyl adjacent to an activating group) is 1. The lowest BCUT2D eigenvalue weighted by Crippen LogP contribution is -2.53. The van der Waals surface area contributed by atoms with Crippen molar-refractivity contribution in [3.05, 3.63) is 0 Å². The summed E-state index contributed by atoms with van der Waals surface area (Å²) >= 11 is 0. The van der Waals surface area contributed by atoms with Gasteiger partial charge in [-0.05, 0) is 12.8 Å². The molecule has 19 heavy (non-hydrogen) atoms. The number of piperazine rings is 1. The van der Waals surface area contributed by atoms with Crippen LogP contribution in [0.15, 0.2) is 0 Å². The van der Waals surface area contributed by atoms with Gasteiger partial charge in [0.1, 0.15) is 0 Å². The zero-order valence-corrected chi connectivity index (χ0v) is 12.1. The van der Waals surface area contributed by atoms with Crippen LogP contribution in [0.25, 0.3) is 0 Å². The van der Waals surface area contributed by atoms with Crippen molar-refractivity contribution in [2.45, 2.75) is 26.8 Å². The molecule has 6 nitrogen and oxygen atoms in total. The van der Waals surface area contributed by atoms with Crippen molar-refractivity contribution in [2.24, 2.45) is 5.92 Å². The minimum absolute atomic E-state index is 0.0195. The van der Waals surface area contributed by atoms with Crippen LogP contribution < -0.4 is 5.32 Å². The van der Waals surface area contributed by atoms with Crippen LogP contribution in [0.4, 0.5) is 0 Å². The summed E-state index contributed by atoms with van der Waals surface area (Å²) in [5.41, 5.74) is 0. The second-order valence-electron chi connectivity index (χ2n) is 5.43. The zero-order chi connectivity index (χ0) is 14.6. The number of hydrogen-bond donors (Lipinski definition) is 1. The highest BCUT2D eigenvalue weighted by atomic mass is 16.2. The summed E-state index contributed by atoms with van der Waals surface area (Å²) in [4.78, 5) is 38.3. The van der Waals surface area contributed by atoms with Crippen molar-refractivity contribution >= 4 is 17.6 Å². The van der Waals surface area contributed by atoms with E-state index in [1.165, 1.54) is 6.92 Å². The normalized spacial score (nSPS) is 18.6. The summed E-state index contributed by atoms with van der Waals surface area (Å²) in [6, 6.07) is -0.448. The van der Waals surface area contributed by atoms with E-state index in [0.29, 0.717) is 13.1 Å². The van der Waals surface area contributed by atoms with Gasteiger partial charge in [0.05, 0.1) is 19.1 Å². The van der Waals surface area contributed by atoms with Crippen LogP contribution in [-0.4, -0.2) is 66.7 Å². The minimum atomic E-state index is -0.448. The summed E-state index contributed by atoms with van der Waals surface area (Å²) in [5.74, 6) is -0.161. The first-order chi connectivity index (χ1) is 8.81. The standard InChI is InChI=1S/C13H23N3O3/c1-9(2)13(10(3)17)14-11(18)7-16-6-5-15(4)12(19)8-16/h9,13H,5-8H2,1-4H3,(H,14,18). The number of carbonyl (C=O) groups excluding carboxylic acids is 3. The third kappa shape index (κ3) is 4.63. The number of nitrogens with zero attached hydrogens (tertiary/aromatic N) is 2. The van der Waals surface area contributed by atoms with Gasteiger partial charge in [-0.1, -0.05) is 13.8 Å². The molecule has 2 amide bonds. The Morgan fingerprint density at radius 3 is 2.42 bits per heavy atom. The Kier molecular flexibility index (Phi) is 5.47. The number of nitrogens with one attached hydrogen (secondary N) is 1. The van der Waals surface area contributed by atoms with Crippen LogP contribution in [0, 0.1) is 5.92 Å². The average Bonchev–Trinajstić information content (AvgIpc) is 2.30. The van der Waals surface area contributed by atoms with Crippen molar-refractivity contribution in [3.63, 3.8) is 0 Å². The summed E-state index contributed by atoms with van der Waals surface area (Å²) in [5, 5.41) is 2.73. The molecule has 0 aliphatic carbocycles. The lowest BCUT2D eigenvalue weighted by atomic mass is 10.0. The number of carbonyl (C=O) groups is 3. The van der Waals surface area contributed by atoms with Crippen molar-refractivity contribution < 1.29 is 14.4 Å². The van der Waals surface area contributed by atoms with Gasteiger partial charge in [-0.25, -0.2) is 0 Å². The van der Waals surface area contributed by atoms with E-state index in [-0.39, 0.29) is 36.6 Å². The minimum Gasteiger partial charge on any atom is -0.345 e. The quantitative estimate of drug-likeness (QED) is 0.730. The SMILES string of the molecule is CC(=O)C(NC(=O)CN1CCN(C)C(=O)C1)C(C)C. The molecule has 1 aliphatic rings. The molecule has 1 N–H and O–H groups in total. The molecule has 0 aromatic carbocycles. The van der Waals surface area contributed by atoms with Crippen LogP contribution in [-0.2, 0) is 14.4 Å². The molecule has 0 aromatic heterocycles. The molecule has 1 unspecified atom stereocenters. The maximum atomic E-state index is 11.9. The molecule has 6 heteroatoms. The highest BCUT2D eigenvalue weighted by molar-refractivity contribution is 5.88. The van der Waals surface area contributed by atoms with E-state index in [1.54, 1.807) is 16.8 Å². The first-order valence-electron chi connectivity index (χ1n) is 6.57. The van der Waals surface area contributed by atoms with Crippen LogP contribution in [0.1, 0.15) is 20.8 Å². The van der Waals surface area contributed by atoms with Gasteiger partial charge in [0, 0.05) is 20.1 Å². The van der Waals surface area contributed by atoms with Gasteiger partial charge in [-0.15, -0.1) is 0 Å². The van der Waals surface area contributed by atoms with Gasteiger partial charge in [-0.3, -0.25) is 19.3 Å². The molecule has 1 saturated heterocycles. The number of rotatable bonds is 5. The summed E-state index contributed by atoms with van der Waals surface area (Å²) in [6.07, 6.45) is 0. The van der Waals surface area contributed by atoms with Gasteiger partial charge >= 0.3 is 0 Å². The van der Waals surface area contributed by atoms with Crippen LogP contribution >= 0.6 is 0 Å². The van der Waals surface area contributed by atoms with E-state index in [9.17, 15) is 14.4 Å². The number of hydrogen-bond acceptors (Lipinski definition) is 4. The molecule has 108 valence electrons. The van der Waals surface area contributed by atoms with Crippen molar-refractivity contribution in [3.8, 4) is 0 Å². The van der Waals surface area contributed by atoms with E-state index in [0.717, 1.165) is 0 Å². The maximum absolute atomic E-state index is 11.9. The lowest BCUT2D eigenvalue weighted by molar-refractivity contribution is -0.136. The summed E-state index contributed by atoms with van der Waals surface area (Å²) in [7, 11) is 1.75. The third-order valence-electron chi connectivity index (χ3n) is 3.32. The largest absolute Gasteiger partial charge is 0.345 e. The van der Waals surface area contributed by atoms with Crippen LogP contribution in [0.2, 0.25) is 0 Å². The van der Waals surface area contributed by atoms with Crippen LogP contribution in [0.5, 0.6) is 0 Å². The molecule has 0 spiro atoms. The van der Waals surface area contributed by atoms with Gasteiger partial charge in [0.25, 0.3) is 0 Å². The van der Waals surface area contributed by atoms with Crippen LogP contribution in [0.3, 0.4) is 0 Å². The number of Topliss-reactive ketones (excluding diaryl/α,β-unsaturated/α-hetero) is 1. The summed E-state index contributed by atoms with van der Waals surface area (Å²) in [6.45, 7) is 7.00. The molecule has 1 aliphatic heterocycles. The average molecular weight is 269 g/mol. The summed E-state index contributed by atoms with van der Waals surface area (Å²) < 4.78 is 0. The Morgan fingerprint density at radius 2 is 1.95 bits per heavy atom. The third-order valence-corrected chi connectivity index (χ3v) is 3.32. The maximum Gasteiger partial charge on any atom is 0.236 e.